The minimum Gasteiger partial charge on any atom is -0.367 e. The third-order valence-electron chi connectivity index (χ3n) is 4.69. The first-order valence-electron chi connectivity index (χ1n) is 9.02. The molecule has 1 aromatic carbocycles. The molecule has 26 heavy (non-hydrogen) atoms. The van der Waals surface area contributed by atoms with Crippen LogP contribution in [0.25, 0.3) is 0 Å². The van der Waals surface area contributed by atoms with E-state index in [4.69, 9.17) is 4.74 Å². The fraction of sp³-hybridized carbons (Fsp3) is 0.450. The number of nitrogens with zero attached hydrogens (tertiary/aromatic N) is 2. The van der Waals surface area contributed by atoms with E-state index in [0.29, 0.717) is 25.2 Å². The first-order valence-corrected chi connectivity index (χ1v) is 9.02. The second-order valence-electron chi connectivity index (χ2n) is 6.85. The maximum atomic E-state index is 12.9. The summed E-state index contributed by atoms with van der Waals surface area (Å²) in [6.07, 6.45) is 7.54. The van der Waals surface area contributed by atoms with Crippen LogP contribution in [-0.4, -0.2) is 22.5 Å². The van der Waals surface area contributed by atoms with E-state index in [9.17, 15) is 9.18 Å². The highest BCUT2D eigenvalue weighted by Gasteiger charge is 2.32. The molecule has 1 aliphatic heterocycles. The van der Waals surface area contributed by atoms with Gasteiger partial charge < -0.3 is 10.1 Å². The van der Waals surface area contributed by atoms with Crippen LogP contribution in [0.15, 0.2) is 36.7 Å². The molecule has 1 amide bonds. The molecule has 1 aromatic heterocycles. The average molecular weight is 357 g/mol. The summed E-state index contributed by atoms with van der Waals surface area (Å²) in [5, 5.41) is 2.86. The zero-order valence-electron chi connectivity index (χ0n) is 15.0. The molecule has 1 N–H and O–H groups in total. The maximum absolute atomic E-state index is 12.9. The van der Waals surface area contributed by atoms with Crippen molar-refractivity contribution in [2.75, 3.05) is 6.61 Å². The van der Waals surface area contributed by atoms with Gasteiger partial charge in [0, 0.05) is 37.5 Å². The molecule has 1 atom stereocenters. The molecule has 1 aliphatic rings. The highest BCUT2D eigenvalue weighted by atomic mass is 19.1. The van der Waals surface area contributed by atoms with E-state index >= 15 is 0 Å². The highest BCUT2D eigenvalue weighted by molar-refractivity contribution is 5.76. The Balaban J connectivity index is 1.46. The van der Waals surface area contributed by atoms with Gasteiger partial charge in [0.2, 0.25) is 5.91 Å². The van der Waals surface area contributed by atoms with Gasteiger partial charge in [-0.1, -0.05) is 12.1 Å². The zero-order valence-corrected chi connectivity index (χ0v) is 15.0. The first-order chi connectivity index (χ1) is 12.5. The predicted molar refractivity (Wildman–Crippen MR) is 95.8 cm³/mol. The summed E-state index contributed by atoms with van der Waals surface area (Å²) in [6, 6.07) is 6.21. The lowest BCUT2D eigenvalue weighted by Gasteiger charge is -2.32. The molecule has 0 radical (unpaired) electrons. The van der Waals surface area contributed by atoms with Gasteiger partial charge in [-0.15, -0.1) is 0 Å². The van der Waals surface area contributed by atoms with E-state index in [0.717, 1.165) is 37.0 Å². The minimum absolute atomic E-state index is 0.0547. The number of halogens is 1. The van der Waals surface area contributed by atoms with E-state index in [2.05, 4.69) is 15.3 Å². The third kappa shape index (κ3) is 4.85. The SMILES string of the molecule is C[C@]1(c2ncc(CNC(=O)CCc3ccc(F)cc3)cn2)CCCCO1. The summed E-state index contributed by atoms with van der Waals surface area (Å²) < 4.78 is 18.7. The van der Waals surface area contributed by atoms with E-state index in [1.54, 1.807) is 24.5 Å². The van der Waals surface area contributed by atoms with Gasteiger partial charge >= 0.3 is 0 Å². The van der Waals surface area contributed by atoms with Gasteiger partial charge in [-0.3, -0.25) is 4.79 Å². The molecular weight excluding hydrogens is 333 g/mol. The van der Waals surface area contributed by atoms with Crippen molar-refractivity contribution in [3.63, 3.8) is 0 Å². The maximum Gasteiger partial charge on any atom is 0.220 e. The van der Waals surface area contributed by atoms with Gasteiger partial charge in [0.05, 0.1) is 0 Å². The summed E-state index contributed by atoms with van der Waals surface area (Å²) in [5.74, 6) is 0.374. The largest absolute Gasteiger partial charge is 0.367 e. The fourth-order valence-electron chi connectivity index (χ4n) is 3.03. The van der Waals surface area contributed by atoms with Gasteiger partial charge in [0.25, 0.3) is 0 Å². The van der Waals surface area contributed by atoms with E-state index < -0.39 is 5.60 Å². The van der Waals surface area contributed by atoms with E-state index in [1.807, 2.05) is 6.92 Å². The summed E-state index contributed by atoms with van der Waals surface area (Å²) >= 11 is 0. The van der Waals surface area contributed by atoms with Crippen LogP contribution in [0.3, 0.4) is 0 Å². The second-order valence-corrected chi connectivity index (χ2v) is 6.85. The Hall–Kier alpha value is -2.34. The number of aromatic nitrogens is 2. The highest BCUT2D eigenvalue weighted by Crippen LogP contribution is 2.32. The topological polar surface area (TPSA) is 64.1 Å². The second kappa shape index (κ2) is 8.36. The van der Waals surface area contributed by atoms with Gasteiger partial charge in [-0.2, -0.15) is 0 Å². The molecule has 0 unspecified atom stereocenters. The summed E-state index contributed by atoms with van der Waals surface area (Å²) in [5.41, 5.74) is 1.38. The Morgan fingerprint density at radius 3 is 2.58 bits per heavy atom. The lowest BCUT2D eigenvalue weighted by molar-refractivity contribution is -0.121. The van der Waals surface area contributed by atoms with Crippen molar-refractivity contribution in [2.45, 2.75) is 51.2 Å². The molecular formula is C20H24FN3O2. The van der Waals surface area contributed by atoms with Crippen molar-refractivity contribution < 1.29 is 13.9 Å². The quantitative estimate of drug-likeness (QED) is 0.862. The minimum atomic E-state index is -0.408. The van der Waals surface area contributed by atoms with E-state index in [-0.39, 0.29) is 11.7 Å². The third-order valence-corrected chi connectivity index (χ3v) is 4.69. The Morgan fingerprint density at radius 1 is 1.19 bits per heavy atom. The normalized spacial score (nSPS) is 19.9. The number of amides is 1. The van der Waals surface area contributed by atoms with Crippen LogP contribution in [0.4, 0.5) is 4.39 Å². The monoisotopic (exact) mass is 357 g/mol. The number of rotatable bonds is 6. The smallest absolute Gasteiger partial charge is 0.220 e. The fourth-order valence-corrected chi connectivity index (χ4v) is 3.03. The van der Waals surface area contributed by atoms with Crippen LogP contribution in [-0.2, 0) is 28.1 Å². The molecule has 1 fully saturated rings. The number of hydrogen-bond acceptors (Lipinski definition) is 4. The predicted octanol–water partition coefficient (Wildman–Crippen LogP) is 3.28. The van der Waals surface area contributed by atoms with Crippen LogP contribution < -0.4 is 5.32 Å². The number of aryl methyl sites for hydroxylation is 1. The summed E-state index contributed by atoms with van der Waals surface area (Å²) in [4.78, 5) is 20.8. The number of carbonyl (C=O) groups excluding carboxylic acids is 1. The van der Waals surface area contributed by atoms with Crippen molar-refractivity contribution in [1.82, 2.24) is 15.3 Å². The molecule has 2 aromatic rings. The van der Waals surface area contributed by atoms with Crippen LogP contribution in [0.2, 0.25) is 0 Å². The van der Waals surface area contributed by atoms with Crippen LogP contribution in [0.5, 0.6) is 0 Å². The lowest BCUT2D eigenvalue weighted by atomic mass is 9.95. The number of benzene rings is 1. The molecule has 0 bridgehead atoms. The van der Waals surface area contributed by atoms with Crippen molar-refractivity contribution in [3.05, 3.63) is 59.4 Å². The van der Waals surface area contributed by atoms with Crippen molar-refractivity contribution in [1.29, 1.82) is 0 Å². The lowest BCUT2D eigenvalue weighted by Crippen LogP contribution is -2.32. The Bertz CT molecular complexity index is 726. The number of carbonyl (C=O) groups is 1. The van der Waals surface area contributed by atoms with Gasteiger partial charge in [-0.05, 0) is 50.3 Å². The zero-order chi connectivity index (χ0) is 18.4. The van der Waals surface area contributed by atoms with Gasteiger partial charge in [0.1, 0.15) is 11.4 Å². The van der Waals surface area contributed by atoms with Gasteiger partial charge in [-0.25, -0.2) is 14.4 Å². The van der Waals surface area contributed by atoms with Crippen LogP contribution >= 0.6 is 0 Å². The van der Waals surface area contributed by atoms with Crippen LogP contribution in [0.1, 0.15) is 49.6 Å². The Labute approximate surface area is 153 Å². The summed E-state index contributed by atoms with van der Waals surface area (Å²) in [7, 11) is 0. The molecule has 3 rings (SSSR count). The van der Waals surface area contributed by atoms with E-state index in [1.165, 1.54) is 12.1 Å². The average Bonchev–Trinajstić information content (AvgIpc) is 2.67. The van der Waals surface area contributed by atoms with Crippen molar-refractivity contribution in [3.8, 4) is 0 Å². The Morgan fingerprint density at radius 2 is 1.92 bits per heavy atom. The summed E-state index contributed by atoms with van der Waals surface area (Å²) in [6.45, 7) is 3.16. The molecule has 138 valence electrons. The van der Waals surface area contributed by atoms with Gasteiger partial charge in [0.15, 0.2) is 5.82 Å². The van der Waals surface area contributed by atoms with Crippen LogP contribution in [0, 0.1) is 5.82 Å². The molecule has 2 heterocycles. The first kappa shape index (κ1) is 18.5. The number of hydrogen-bond donors (Lipinski definition) is 1. The molecule has 0 saturated carbocycles. The Kier molecular flexibility index (Phi) is 5.93. The number of nitrogens with one attached hydrogen (secondary N) is 1. The molecule has 0 spiro atoms. The molecule has 0 aliphatic carbocycles. The standard InChI is InChI=1S/C20H24FN3O2/c1-20(10-2-3-11-26-20)19-23-13-16(14-24-19)12-22-18(25)9-6-15-4-7-17(21)8-5-15/h4-5,7-8,13-14H,2-3,6,9-12H2,1H3,(H,22,25)/t20-/m1/s1. The molecule has 6 heteroatoms. The molecule has 1 saturated heterocycles. The number of ether oxygens (including phenoxy) is 1. The van der Waals surface area contributed by atoms with Crippen molar-refractivity contribution in [2.24, 2.45) is 0 Å². The van der Waals surface area contributed by atoms with Crippen molar-refractivity contribution >= 4 is 5.91 Å². The molecule has 5 nitrogen and oxygen atoms in total.